The summed E-state index contributed by atoms with van der Waals surface area (Å²) in [6, 6.07) is 6.89. The van der Waals surface area contributed by atoms with Crippen LogP contribution in [0.5, 0.6) is 0 Å². The van der Waals surface area contributed by atoms with E-state index in [-0.39, 0.29) is 0 Å². The Morgan fingerprint density at radius 3 is 2.63 bits per heavy atom. The lowest BCUT2D eigenvalue weighted by molar-refractivity contribution is 0.273. The number of rotatable bonds is 5. The molecule has 3 rings (SSSR count). The van der Waals surface area contributed by atoms with Crippen LogP contribution in [0.4, 0.5) is 5.69 Å². The second-order valence-electron chi connectivity index (χ2n) is 6.28. The Labute approximate surface area is 117 Å². The molecular weight excluding hydrogens is 232 g/mol. The predicted molar refractivity (Wildman–Crippen MR) is 81.3 cm³/mol. The summed E-state index contributed by atoms with van der Waals surface area (Å²) < 4.78 is 0. The average Bonchev–Trinajstić information content (AvgIpc) is 3.23. The first kappa shape index (κ1) is 13.0. The van der Waals surface area contributed by atoms with Gasteiger partial charge in [-0.25, -0.2) is 5.01 Å². The maximum Gasteiger partial charge on any atom is 0.0492 e. The van der Waals surface area contributed by atoms with Crippen LogP contribution in [0.15, 0.2) is 18.2 Å². The molecule has 0 unspecified atom stereocenters. The summed E-state index contributed by atoms with van der Waals surface area (Å²) in [5.74, 6) is 1.03. The molecule has 1 heterocycles. The van der Waals surface area contributed by atoms with Crippen molar-refractivity contribution in [2.24, 2.45) is 5.92 Å². The van der Waals surface area contributed by atoms with Gasteiger partial charge in [0.25, 0.3) is 0 Å². The van der Waals surface area contributed by atoms with Gasteiger partial charge in [0.1, 0.15) is 0 Å². The maximum atomic E-state index is 3.56. The van der Waals surface area contributed by atoms with E-state index in [1.165, 1.54) is 74.8 Å². The minimum atomic E-state index is 1.03. The first-order valence-electron chi connectivity index (χ1n) is 7.92. The van der Waals surface area contributed by atoms with Crippen molar-refractivity contribution in [2.45, 2.75) is 51.9 Å². The van der Waals surface area contributed by atoms with Gasteiger partial charge in [-0.1, -0.05) is 25.3 Å². The monoisotopic (exact) mass is 258 g/mol. The van der Waals surface area contributed by atoms with E-state index in [4.69, 9.17) is 0 Å². The first-order chi connectivity index (χ1) is 9.31. The summed E-state index contributed by atoms with van der Waals surface area (Å²) in [5, 5.41) is 2.36. The van der Waals surface area contributed by atoms with E-state index in [1.807, 2.05) is 0 Å². The Morgan fingerprint density at radius 2 is 1.95 bits per heavy atom. The van der Waals surface area contributed by atoms with E-state index in [0.717, 1.165) is 5.92 Å². The molecule has 1 N–H and O–H groups in total. The SMILES string of the molecule is Cc1cc(NN2CCCCC2)ccc1CCC1CC1. The number of nitrogens with zero attached hydrogens (tertiary/aromatic N) is 1. The minimum Gasteiger partial charge on any atom is -0.319 e. The van der Waals surface area contributed by atoms with E-state index in [9.17, 15) is 0 Å². The number of benzene rings is 1. The zero-order valence-electron chi connectivity index (χ0n) is 12.1. The molecule has 0 amide bonds. The number of hydrogen-bond acceptors (Lipinski definition) is 2. The molecule has 104 valence electrons. The zero-order valence-corrected chi connectivity index (χ0v) is 12.1. The smallest absolute Gasteiger partial charge is 0.0492 e. The van der Waals surface area contributed by atoms with Crippen LogP contribution in [-0.2, 0) is 6.42 Å². The molecule has 1 aliphatic carbocycles. The van der Waals surface area contributed by atoms with Gasteiger partial charge in [-0.05, 0) is 61.8 Å². The van der Waals surface area contributed by atoms with Crippen molar-refractivity contribution >= 4 is 5.69 Å². The van der Waals surface area contributed by atoms with Gasteiger partial charge in [-0.15, -0.1) is 0 Å². The van der Waals surface area contributed by atoms with Gasteiger partial charge in [-0.2, -0.15) is 0 Å². The molecule has 0 atom stereocenters. The molecular formula is C17H26N2. The molecule has 0 spiro atoms. The Hall–Kier alpha value is -1.02. The van der Waals surface area contributed by atoms with Crippen molar-refractivity contribution in [3.8, 4) is 0 Å². The van der Waals surface area contributed by atoms with Crippen LogP contribution in [0.25, 0.3) is 0 Å². The lowest BCUT2D eigenvalue weighted by Crippen LogP contribution is -2.34. The van der Waals surface area contributed by atoms with Crippen LogP contribution in [0, 0.1) is 12.8 Å². The fraction of sp³-hybridized carbons (Fsp3) is 0.647. The van der Waals surface area contributed by atoms with Gasteiger partial charge in [0, 0.05) is 18.8 Å². The van der Waals surface area contributed by atoms with Crippen molar-refractivity contribution in [1.29, 1.82) is 0 Å². The van der Waals surface area contributed by atoms with Gasteiger partial charge in [0.15, 0.2) is 0 Å². The molecule has 0 radical (unpaired) electrons. The van der Waals surface area contributed by atoms with Crippen molar-refractivity contribution in [3.05, 3.63) is 29.3 Å². The highest BCUT2D eigenvalue weighted by atomic mass is 15.5. The van der Waals surface area contributed by atoms with Crippen LogP contribution < -0.4 is 5.43 Å². The molecule has 2 aliphatic rings. The van der Waals surface area contributed by atoms with E-state index in [2.05, 4.69) is 35.6 Å². The van der Waals surface area contributed by atoms with Crippen molar-refractivity contribution in [2.75, 3.05) is 18.5 Å². The molecule has 1 aromatic carbocycles. The van der Waals surface area contributed by atoms with Gasteiger partial charge >= 0.3 is 0 Å². The molecule has 0 bridgehead atoms. The highest BCUT2D eigenvalue weighted by Crippen LogP contribution is 2.34. The third-order valence-electron chi connectivity index (χ3n) is 4.50. The average molecular weight is 258 g/mol. The molecule has 19 heavy (non-hydrogen) atoms. The fourth-order valence-electron chi connectivity index (χ4n) is 3.00. The molecule has 1 aromatic rings. The van der Waals surface area contributed by atoms with Crippen LogP contribution in [0.1, 0.15) is 49.7 Å². The first-order valence-corrected chi connectivity index (χ1v) is 7.92. The number of piperidine rings is 1. The van der Waals surface area contributed by atoms with E-state index >= 15 is 0 Å². The largest absolute Gasteiger partial charge is 0.319 e. The van der Waals surface area contributed by atoms with E-state index in [0.29, 0.717) is 0 Å². The Bertz CT molecular complexity index is 417. The van der Waals surface area contributed by atoms with Crippen LogP contribution >= 0.6 is 0 Å². The van der Waals surface area contributed by atoms with E-state index < -0.39 is 0 Å². The van der Waals surface area contributed by atoms with Gasteiger partial charge in [0.05, 0.1) is 0 Å². The molecule has 2 fully saturated rings. The highest BCUT2D eigenvalue weighted by molar-refractivity contribution is 5.47. The lowest BCUT2D eigenvalue weighted by atomic mass is 10.0. The summed E-state index contributed by atoms with van der Waals surface area (Å²) >= 11 is 0. The Balaban J connectivity index is 1.57. The van der Waals surface area contributed by atoms with E-state index in [1.54, 1.807) is 0 Å². The topological polar surface area (TPSA) is 15.3 Å². The second kappa shape index (κ2) is 5.96. The molecule has 1 saturated carbocycles. The molecule has 1 saturated heterocycles. The molecule has 2 nitrogen and oxygen atoms in total. The normalized spacial score (nSPS) is 20.5. The summed E-state index contributed by atoms with van der Waals surface area (Å²) in [4.78, 5) is 0. The van der Waals surface area contributed by atoms with Gasteiger partial charge in [-0.3, -0.25) is 0 Å². The number of hydrazine groups is 1. The zero-order chi connectivity index (χ0) is 13.1. The number of hydrogen-bond donors (Lipinski definition) is 1. The number of nitrogens with one attached hydrogen (secondary N) is 1. The number of aryl methyl sites for hydroxylation is 2. The summed E-state index contributed by atoms with van der Waals surface area (Å²) in [6.45, 7) is 4.62. The third kappa shape index (κ3) is 3.73. The maximum absolute atomic E-state index is 3.56. The minimum absolute atomic E-state index is 1.03. The lowest BCUT2D eigenvalue weighted by Gasteiger charge is -2.28. The molecule has 1 aliphatic heterocycles. The van der Waals surface area contributed by atoms with Crippen LogP contribution in [0.2, 0.25) is 0 Å². The van der Waals surface area contributed by atoms with Crippen molar-refractivity contribution in [1.82, 2.24) is 5.01 Å². The standard InChI is InChI=1S/C17H26N2/c1-14-13-17(18-19-11-3-2-4-12-19)10-9-16(14)8-7-15-5-6-15/h9-10,13,15,18H,2-8,11-12H2,1H3. The van der Waals surface area contributed by atoms with Crippen LogP contribution in [0.3, 0.4) is 0 Å². The second-order valence-corrected chi connectivity index (χ2v) is 6.28. The molecule has 0 aromatic heterocycles. The van der Waals surface area contributed by atoms with Crippen LogP contribution in [-0.4, -0.2) is 18.1 Å². The number of anilines is 1. The third-order valence-corrected chi connectivity index (χ3v) is 4.50. The molecule has 2 heteroatoms. The summed E-state index contributed by atoms with van der Waals surface area (Å²) in [6.07, 6.45) is 9.62. The summed E-state index contributed by atoms with van der Waals surface area (Å²) in [7, 11) is 0. The van der Waals surface area contributed by atoms with Gasteiger partial charge in [0.2, 0.25) is 0 Å². The highest BCUT2D eigenvalue weighted by Gasteiger charge is 2.20. The van der Waals surface area contributed by atoms with Crippen molar-refractivity contribution < 1.29 is 0 Å². The fourth-order valence-corrected chi connectivity index (χ4v) is 3.00. The Morgan fingerprint density at radius 1 is 1.16 bits per heavy atom. The quantitative estimate of drug-likeness (QED) is 0.853. The summed E-state index contributed by atoms with van der Waals surface area (Å²) in [5.41, 5.74) is 7.80. The van der Waals surface area contributed by atoms with Crippen molar-refractivity contribution in [3.63, 3.8) is 0 Å². The van der Waals surface area contributed by atoms with Gasteiger partial charge < -0.3 is 5.43 Å². The predicted octanol–water partition coefficient (Wildman–Crippen LogP) is 4.15. The Kier molecular flexibility index (Phi) is 4.07.